The van der Waals surface area contributed by atoms with Crippen molar-refractivity contribution in [3.05, 3.63) is 22.4 Å². The lowest BCUT2D eigenvalue weighted by atomic mass is 10.1. The third-order valence-corrected chi connectivity index (χ3v) is 4.03. The Morgan fingerprint density at radius 2 is 2.24 bits per heavy atom. The summed E-state index contributed by atoms with van der Waals surface area (Å²) in [6.07, 6.45) is 1.22. The zero-order valence-corrected chi connectivity index (χ0v) is 11.5. The van der Waals surface area contributed by atoms with Crippen LogP contribution in [0.1, 0.15) is 44.5 Å². The standard InChI is InChI=1S/C13H21NO2S/c1-4-11(12-7-6-8-17-12)14(5-2)10(3)9-13(15)16/h6-8,10-11H,4-5,9H2,1-3H3,(H,15,16). The van der Waals surface area contributed by atoms with Gasteiger partial charge in [0.25, 0.3) is 0 Å². The Morgan fingerprint density at radius 3 is 2.65 bits per heavy atom. The quantitative estimate of drug-likeness (QED) is 0.812. The molecule has 17 heavy (non-hydrogen) atoms. The van der Waals surface area contributed by atoms with Gasteiger partial charge in [0.1, 0.15) is 0 Å². The number of rotatable bonds is 7. The molecule has 0 spiro atoms. The summed E-state index contributed by atoms with van der Waals surface area (Å²) in [5, 5.41) is 11.0. The Kier molecular flexibility index (Phi) is 5.65. The van der Waals surface area contributed by atoms with E-state index in [1.807, 2.05) is 6.92 Å². The molecule has 3 nitrogen and oxygen atoms in total. The Hall–Kier alpha value is -0.870. The highest BCUT2D eigenvalue weighted by Crippen LogP contribution is 2.30. The van der Waals surface area contributed by atoms with Crippen LogP contribution in [-0.2, 0) is 4.79 Å². The number of nitrogens with zero attached hydrogens (tertiary/aromatic N) is 1. The first kappa shape index (κ1) is 14.2. The molecule has 4 heteroatoms. The fourth-order valence-corrected chi connectivity index (χ4v) is 3.22. The molecular formula is C13H21NO2S. The summed E-state index contributed by atoms with van der Waals surface area (Å²) in [4.78, 5) is 14.4. The van der Waals surface area contributed by atoms with Crippen molar-refractivity contribution in [1.82, 2.24) is 4.90 Å². The molecule has 1 heterocycles. The zero-order chi connectivity index (χ0) is 12.8. The molecule has 0 radical (unpaired) electrons. The molecule has 0 saturated carbocycles. The van der Waals surface area contributed by atoms with E-state index in [1.165, 1.54) is 4.88 Å². The summed E-state index contributed by atoms with van der Waals surface area (Å²) in [6, 6.07) is 4.60. The van der Waals surface area contributed by atoms with Crippen LogP contribution in [0.5, 0.6) is 0 Å². The highest BCUT2D eigenvalue weighted by atomic mass is 32.1. The van der Waals surface area contributed by atoms with Crippen molar-refractivity contribution in [2.45, 2.75) is 45.7 Å². The van der Waals surface area contributed by atoms with Crippen molar-refractivity contribution >= 4 is 17.3 Å². The fourth-order valence-electron chi connectivity index (χ4n) is 2.29. The first-order valence-corrected chi connectivity index (χ1v) is 6.99. The summed E-state index contributed by atoms with van der Waals surface area (Å²) in [5.74, 6) is -0.725. The van der Waals surface area contributed by atoms with Crippen molar-refractivity contribution in [2.75, 3.05) is 6.54 Å². The molecule has 1 N–H and O–H groups in total. The van der Waals surface area contributed by atoms with Crippen LogP contribution >= 0.6 is 11.3 Å². The summed E-state index contributed by atoms with van der Waals surface area (Å²) >= 11 is 1.75. The van der Waals surface area contributed by atoms with Crippen LogP contribution in [0.4, 0.5) is 0 Å². The molecule has 96 valence electrons. The smallest absolute Gasteiger partial charge is 0.304 e. The number of hydrogen-bond donors (Lipinski definition) is 1. The zero-order valence-electron chi connectivity index (χ0n) is 10.7. The van der Waals surface area contributed by atoms with Crippen LogP contribution < -0.4 is 0 Å². The Morgan fingerprint density at radius 1 is 1.53 bits per heavy atom. The van der Waals surface area contributed by atoms with E-state index in [9.17, 15) is 4.79 Å². The number of aliphatic carboxylic acids is 1. The Balaban J connectivity index is 2.80. The van der Waals surface area contributed by atoms with Gasteiger partial charge >= 0.3 is 5.97 Å². The molecule has 0 aliphatic carbocycles. The summed E-state index contributed by atoms with van der Waals surface area (Å²) in [7, 11) is 0. The minimum Gasteiger partial charge on any atom is -0.481 e. The third kappa shape index (κ3) is 3.82. The monoisotopic (exact) mass is 255 g/mol. The largest absolute Gasteiger partial charge is 0.481 e. The normalized spacial score (nSPS) is 14.8. The van der Waals surface area contributed by atoms with E-state index < -0.39 is 5.97 Å². The molecule has 0 aliphatic heterocycles. The molecule has 0 fully saturated rings. The second-order valence-electron chi connectivity index (χ2n) is 4.22. The Labute approximate surface area is 107 Å². The highest BCUT2D eigenvalue weighted by molar-refractivity contribution is 7.10. The molecule has 0 saturated heterocycles. The van der Waals surface area contributed by atoms with E-state index in [0.717, 1.165) is 13.0 Å². The van der Waals surface area contributed by atoms with Crippen molar-refractivity contribution in [3.8, 4) is 0 Å². The molecule has 0 aromatic carbocycles. The number of carboxylic acids is 1. The first-order valence-electron chi connectivity index (χ1n) is 6.11. The van der Waals surface area contributed by atoms with Gasteiger partial charge in [-0.3, -0.25) is 9.69 Å². The van der Waals surface area contributed by atoms with Gasteiger partial charge in [0.2, 0.25) is 0 Å². The van der Waals surface area contributed by atoms with Gasteiger partial charge in [-0.15, -0.1) is 11.3 Å². The molecule has 2 unspecified atom stereocenters. The molecule has 0 bridgehead atoms. The lowest BCUT2D eigenvalue weighted by molar-refractivity contribution is -0.138. The number of carboxylic acid groups (broad SMARTS) is 1. The summed E-state index contributed by atoms with van der Waals surface area (Å²) in [6.45, 7) is 7.12. The van der Waals surface area contributed by atoms with Crippen molar-refractivity contribution in [3.63, 3.8) is 0 Å². The second kappa shape index (κ2) is 6.77. The van der Waals surface area contributed by atoms with E-state index in [1.54, 1.807) is 11.3 Å². The van der Waals surface area contributed by atoms with Gasteiger partial charge in [-0.25, -0.2) is 0 Å². The van der Waals surface area contributed by atoms with Gasteiger partial charge < -0.3 is 5.11 Å². The van der Waals surface area contributed by atoms with Crippen LogP contribution in [0.15, 0.2) is 17.5 Å². The van der Waals surface area contributed by atoms with Gasteiger partial charge in [0, 0.05) is 17.0 Å². The highest BCUT2D eigenvalue weighted by Gasteiger charge is 2.24. The average Bonchev–Trinajstić information content (AvgIpc) is 2.77. The van der Waals surface area contributed by atoms with Crippen LogP contribution in [0, 0.1) is 0 Å². The maximum Gasteiger partial charge on any atom is 0.304 e. The molecule has 1 aromatic heterocycles. The molecular weight excluding hydrogens is 234 g/mol. The maximum absolute atomic E-state index is 10.8. The predicted molar refractivity (Wildman–Crippen MR) is 71.4 cm³/mol. The maximum atomic E-state index is 10.8. The van der Waals surface area contributed by atoms with Gasteiger partial charge in [0.05, 0.1) is 6.42 Å². The van der Waals surface area contributed by atoms with E-state index >= 15 is 0 Å². The topological polar surface area (TPSA) is 40.5 Å². The minimum absolute atomic E-state index is 0.0737. The van der Waals surface area contributed by atoms with Crippen LogP contribution in [0.2, 0.25) is 0 Å². The number of hydrogen-bond acceptors (Lipinski definition) is 3. The summed E-state index contributed by atoms with van der Waals surface area (Å²) < 4.78 is 0. The first-order chi connectivity index (χ1) is 8.10. The lowest BCUT2D eigenvalue weighted by Crippen LogP contribution is -2.37. The SMILES string of the molecule is CCC(c1cccs1)N(CC)C(C)CC(=O)O. The van der Waals surface area contributed by atoms with Crippen molar-refractivity contribution in [2.24, 2.45) is 0 Å². The molecule has 1 rings (SSSR count). The van der Waals surface area contributed by atoms with Crippen LogP contribution in [-0.4, -0.2) is 28.6 Å². The summed E-state index contributed by atoms with van der Waals surface area (Å²) in [5.41, 5.74) is 0. The van der Waals surface area contributed by atoms with Gasteiger partial charge in [-0.2, -0.15) is 0 Å². The average molecular weight is 255 g/mol. The predicted octanol–water partition coefficient (Wildman–Crippen LogP) is 3.38. The van der Waals surface area contributed by atoms with E-state index in [2.05, 4.69) is 36.3 Å². The molecule has 2 atom stereocenters. The number of carbonyl (C=O) groups is 1. The van der Waals surface area contributed by atoms with E-state index in [4.69, 9.17) is 5.11 Å². The lowest BCUT2D eigenvalue weighted by Gasteiger charge is -2.34. The molecule has 1 aromatic rings. The van der Waals surface area contributed by atoms with Crippen molar-refractivity contribution < 1.29 is 9.90 Å². The van der Waals surface area contributed by atoms with Crippen LogP contribution in [0.3, 0.4) is 0 Å². The third-order valence-electron chi connectivity index (χ3n) is 3.06. The molecule has 0 amide bonds. The molecule has 0 aliphatic rings. The fraction of sp³-hybridized carbons (Fsp3) is 0.615. The van der Waals surface area contributed by atoms with Crippen molar-refractivity contribution in [1.29, 1.82) is 0 Å². The second-order valence-corrected chi connectivity index (χ2v) is 5.20. The number of thiophene rings is 1. The van der Waals surface area contributed by atoms with Gasteiger partial charge in [-0.1, -0.05) is 19.9 Å². The Bertz CT molecular complexity index is 337. The van der Waals surface area contributed by atoms with Crippen LogP contribution in [0.25, 0.3) is 0 Å². The van der Waals surface area contributed by atoms with E-state index in [-0.39, 0.29) is 12.5 Å². The van der Waals surface area contributed by atoms with E-state index in [0.29, 0.717) is 6.04 Å². The minimum atomic E-state index is -0.725. The van der Waals surface area contributed by atoms with Gasteiger partial charge in [0.15, 0.2) is 0 Å². The van der Waals surface area contributed by atoms with Gasteiger partial charge in [-0.05, 0) is 31.3 Å².